The van der Waals surface area contributed by atoms with E-state index >= 15 is 0 Å². The molecule has 0 bridgehead atoms. The Morgan fingerprint density at radius 1 is 1.10 bits per heavy atom. The summed E-state index contributed by atoms with van der Waals surface area (Å²) in [6, 6.07) is 12.3. The summed E-state index contributed by atoms with van der Waals surface area (Å²) in [5.74, 6) is 0.674. The summed E-state index contributed by atoms with van der Waals surface area (Å²) in [6.45, 7) is 3.06. The van der Waals surface area contributed by atoms with Crippen molar-refractivity contribution in [3.63, 3.8) is 0 Å². The topological polar surface area (TPSA) is 81.9 Å². The van der Waals surface area contributed by atoms with Gasteiger partial charge in [0.1, 0.15) is 11.5 Å². The smallest absolute Gasteiger partial charge is 0.260 e. The molecule has 0 aliphatic carbocycles. The van der Waals surface area contributed by atoms with Gasteiger partial charge in [0.05, 0.1) is 6.61 Å². The fourth-order valence-corrected chi connectivity index (χ4v) is 4.06. The van der Waals surface area contributed by atoms with Crippen LogP contribution in [0.4, 0.5) is 0 Å². The second-order valence-corrected chi connectivity index (χ2v) is 8.85. The van der Waals surface area contributed by atoms with Gasteiger partial charge < -0.3 is 20.1 Å². The van der Waals surface area contributed by atoms with Gasteiger partial charge in [0, 0.05) is 35.0 Å². The Morgan fingerprint density at radius 2 is 1.81 bits per heavy atom. The van der Waals surface area contributed by atoms with E-state index in [-0.39, 0.29) is 25.5 Å². The fourth-order valence-electron chi connectivity index (χ4n) is 3.81. The van der Waals surface area contributed by atoms with Crippen molar-refractivity contribution in [1.29, 1.82) is 0 Å². The van der Waals surface area contributed by atoms with Gasteiger partial charge in [-0.3, -0.25) is 9.59 Å². The maximum atomic E-state index is 12.8. The lowest BCUT2D eigenvalue weighted by molar-refractivity contribution is -0.139. The summed E-state index contributed by atoms with van der Waals surface area (Å²) < 4.78 is 11.6. The summed E-state index contributed by atoms with van der Waals surface area (Å²) in [5.41, 5.74) is 5.90. The average Bonchev–Trinajstić information content (AvgIpc) is 2.74. The summed E-state index contributed by atoms with van der Waals surface area (Å²) in [7, 11) is 0. The van der Waals surface area contributed by atoms with Crippen molar-refractivity contribution < 1.29 is 19.1 Å². The number of primary amides is 1. The highest BCUT2D eigenvalue weighted by Crippen LogP contribution is 2.35. The van der Waals surface area contributed by atoms with Crippen molar-refractivity contribution >= 4 is 35.0 Å². The molecule has 2 aromatic rings. The first kappa shape index (κ1) is 23.2. The molecule has 2 aromatic carbocycles. The Kier molecular flexibility index (Phi) is 7.68. The Hall–Kier alpha value is -2.44. The summed E-state index contributed by atoms with van der Waals surface area (Å²) in [4.78, 5) is 26.3. The van der Waals surface area contributed by atoms with E-state index in [1.165, 1.54) is 0 Å². The van der Waals surface area contributed by atoms with Crippen LogP contribution >= 0.6 is 23.2 Å². The Morgan fingerprint density at radius 3 is 2.48 bits per heavy atom. The maximum Gasteiger partial charge on any atom is 0.260 e. The van der Waals surface area contributed by atoms with Crippen molar-refractivity contribution in [2.45, 2.75) is 26.2 Å². The molecule has 0 unspecified atom stereocenters. The van der Waals surface area contributed by atoms with E-state index in [1.807, 2.05) is 13.0 Å². The third kappa shape index (κ3) is 6.52. The number of carbonyl (C=O) groups excluding carboxylic acids is 2. The molecule has 1 aliphatic heterocycles. The van der Waals surface area contributed by atoms with Crippen LogP contribution in [0.5, 0.6) is 11.5 Å². The van der Waals surface area contributed by atoms with Crippen LogP contribution in [-0.2, 0) is 9.59 Å². The number of hydrogen-bond donors (Lipinski definition) is 1. The van der Waals surface area contributed by atoms with Crippen LogP contribution in [0.3, 0.4) is 0 Å². The molecule has 2 N–H and O–H groups in total. The third-order valence-electron chi connectivity index (χ3n) is 5.41. The Balaban J connectivity index is 1.65. The number of carbonyl (C=O) groups is 2. The molecule has 1 aliphatic rings. The monoisotopic (exact) mass is 464 g/mol. The lowest BCUT2D eigenvalue weighted by atomic mass is 9.77. The van der Waals surface area contributed by atoms with Gasteiger partial charge in [0.2, 0.25) is 5.91 Å². The highest BCUT2D eigenvalue weighted by Gasteiger charge is 2.39. The molecule has 31 heavy (non-hydrogen) atoms. The number of likely N-dealkylation sites (tertiary alicyclic amines) is 1. The summed E-state index contributed by atoms with van der Waals surface area (Å²) >= 11 is 12.0. The Labute approximate surface area is 192 Å². The predicted molar refractivity (Wildman–Crippen MR) is 121 cm³/mol. The van der Waals surface area contributed by atoms with Gasteiger partial charge in [-0.15, -0.1) is 0 Å². The minimum absolute atomic E-state index is 0.0917. The number of rotatable bonds is 8. The van der Waals surface area contributed by atoms with Crippen LogP contribution < -0.4 is 15.2 Å². The molecule has 0 spiro atoms. The van der Waals surface area contributed by atoms with Crippen LogP contribution in [0.1, 0.15) is 24.8 Å². The quantitative estimate of drug-likeness (QED) is 0.632. The van der Waals surface area contributed by atoms with Crippen LogP contribution in [0.25, 0.3) is 0 Å². The number of benzene rings is 2. The van der Waals surface area contributed by atoms with Crippen molar-refractivity contribution in [3.8, 4) is 11.5 Å². The van der Waals surface area contributed by atoms with E-state index in [9.17, 15) is 9.59 Å². The first-order chi connectivity index (χ1) is 14.8. The molecule has 166 valence electrons. The lowest BCUT2D eigenvalue weighted by Gasteiger charge is -2.42. The first-order valence-electron chi connectivity index (χ1n) is 10.1. The van der Waals surface area contributed by atoms with Crippen molar-refractivity contribution in [2.24, 2.45) is 11.1 Å². The lowest BCUT2D eigenvalue weighted by Crippen LogP contribution is -2.51. The van der Waals surface area contributed by atoms with E-state index in [2.05, 4.69) is 0 Å². The van der Waals surface area contributed by atoms with Gasteiger partial charge in [0.15, 0.2) is 6.61 Å². The number of amides is 2. The normalized spacial score (nSPS) is 18.5. The minimum Gasteiger partial charge on any atom is -0.493 e. The van der Waals surface area contributed by atoms with E-state index in [0.29, 0.717) is 34.6 Å². The molecule has 0 aromatic heterocycles. The SMILES string of the molecule is Cc1cc(OC[C@@]2(CC(N)=O)CCCN(C(=O)COc3ccc(Cl)cc3)C2)ccc1Cl. The molecule has 2 amide bonds. The molecule has 1 saturated heterocycles. The molecule has 0 saturated carbocycles. The van der Waals surface area contributed by atoms with Gasteiger partial charge >= 0.3 is 0 Å². The second kappa shape index (κ2) is 10.2. The highest BCUT2D eigenvalue weighted by molar-refractivity contribution is 6.31. The number of piperidine rings is 1. The highest BCUT2D eigenvalue weighted by atomic mass is 35.5. The Bertz CT molecular complexity index is 936. The zero-order valence-electron chi connectivity index (χ0n) is 17.4. The van der Waals surface area contributed by atoms with E-state index in [0.717, 1.165) is 18.4 Å². The van der Waals surface area contributed by atoms with E-state index < -0.39 is 11.3 Å². The summed E-state index contributed by atoms with van der Waals surface area (Å²) in [5, 5.41) is 1.26. The van der Waals surface area contributed by atoms with Gasteiger partial charge in [-0.2, -0.15) is 0 Å². The van der Waals surface area contributed by atoms with Crippen LogP contribution in [0.2, 0.25) is 10.0 Å². The minimum atomic E-state index is -0.548. The average molecular weight is 465 g/mol. The molecule has 8 heteroatoms. The van der Waals surface area contributed by atoms with Gasteiger partial charge in [-0.05, 0) is 67.8 Å². The largest absolute Gasteiger partial charge is 0.493 e. The molecule has 6 nitrogen and oxygen atoms in total. The third-order valence-corrected chi connectivity index (χ3v) is 6.09. The number of nitrogens with two attached hydrogens (primary N) is 1. The van der Waals surface area contributed by atoms with Crippen molar-refractivity contribution in [1.82, 2.24) is 4.90 Å². The zero-order chi connectivity index (χ0) is 22.4. The van der Waals surface area contributed by atoms with E-state index in [1.54, 1.807) is 41.3 Å². The fraction of sp³-hybridized carbons (Fsp3) is 0.391. The number of halogens is 2. The first-order valence-corrected chi connectivity index (χ1v) is 10.9. The van der Waals surface area contributed by atoms with Crippen molar-refractivity contribution in [3.05, 3.63) is 58.1 Å². The van der Waals surface area contributed by atoms with Crippen LogP contribution in [0.15, 0.2) is 42.5 Å². The van der Waals surface area contributed by atoms with Crippen LogP contribution in [0, 0.1) is 12.3 Å². The van der Waals surface area contributed by atoms with Gasteiger partial charge in [-0.25, -0.2) is 0 Å². The number of aryl methyl sites for hydroxylation is 1. The van der Waals surface area contributed by atoms with Crippen molar-refractivity contribution in [2.75, 3.05) is 26.3 Å². The van der Waals surface area contributed by atoms with E-state index in [4.69, 9.17) is 38.4 Å². The molecule has 1 heterocycles. The number of ether oxygens (including phenoxy) is 2. The molecule has 3 rings (SSSR count). The summed E-state index contributed by atoms with van der Waals surface area (Å²) in [6.07, 6.45) is 1.63. The molecule has 1 atom stereocenters. The number of nitrogens with zero attached hydrogens (tertiary/aromatic N) is 1. The molecule has 1 fully saturated rings. The van der Waals surface area contributed by atoms with Crippen LogP contribution in [-0.4, -0.2) is 43.0 Å². The second-order valence-electron chi connectivity index (χ2n) is 8.00. The number of hydrogen-bond acceptors (Lipinski definition) is 4. The van der Waals surface area contributed by atoms with Gasteiger partial charge in [-0.1, -0.05) is 23.2 Å². The molecular weight excluding hydrogens is 439 g/mol. The predicted octanol–water partition coefficient (Wildman–Crippen LogP) is 4.24. The molecular formula is C23H26Cl2N2O4. The standard InChI is InChI=1S/C23H26Cl2N2O4/c1-16-11-19(7-8-20(16)25)31-15-23(12-21(26)28)9-2-10-27(14-23)22(29)13-30-18-5-3-17(24)4-6-18/h3-8,11H,2,9-10,12-15H2,1H3,(H2,26,28)/t23-/m1/s1. The van der Waals surface area contributed by atoms with Gasteiger partial charge in [0.25, 0.3) is 5.91 Å². The molecule has 0 radical (unpaired) electrons. The zero-order valence-corrected chi connectivity index (χ0v) is 18.9. The maximum absolute atomic E-state index is 12.8.